The second-order valence-corrected chi connectivity index (χ2v) is 6.95. The van der Waals surface area contributed by atoms with Crippen LogP contribution in [0.2, 0.25) is 0 Å². The van der Waals surface area contributed by atoms with Gasteiger partial charge in [-0.15, -0.1) is 0 Å². The molecule has 126 valence electrons. The molecule has 0 unspecified atom stereocenters. The maximum absolute atomic E-state index is 13.0. The van der Waals surface area contributed by atoms with E-state index in [9.17, 15) is 9.59 Å². The zero-order chi connectivity index (χ0) is 17.3. The van der Waals surface area contributed by atoms with Gasteiger partial charge < -0.3 is 16.4 Å². The van der Waals surface area contributed by atoms with Crippen molar-refractivity contribution in [3.05, 3.63) is 41.6 Å². The van der Waals surface area contributed by atoms with Gasteiger partial charge >= 0.3 is 0 Å². The molecule has 3 rings (SSSR count). The molecule has 2 amide bonds. The highest BCUT2D eigenvalue weighted by molar-refractivity contribution is 7.80. The summed E-state index contributed by atoms with van der Waals surface area (Å²) >= 11 is 5.38. The molecule has 24 heavy (non-hydrogen) atoms. The molecule has 0 bridgehead atoms. The molecule has 5 nitrogen and oxygen atoms in total. The van der Waals surface area contributed by atoms with E-state index in [1.807, 2.05) is 37.3 Å². The summed E-state index contributed by atoms with van der Waals surface area (Å²) in [4.78, 5) is 25.5. The molecule has 1 heterocycles. The van der Waals surface area contributed by atoms with Crippen LogP contribution in [0.3, 0.4) is 0 Å². The standard InChI is InChI=1S/C18H21N3O2S/c1-11-13(16(23)21-12-7-3-2-4-8-12)18(9-5-6-10-18)14(15(19)22)17(24)20-11/h2-4,7-8,14H,5-6,9-10H2,1H3,(H2,19,22)(H,20,24)(H,21,23)/t14-/m1/s1. The predicted molar refractivity (Wildman–Crippen MR) is 97.1 cm³/mol. The van der Waals surface area contributed by atoms with Gasteiger partial charge in [0.1, 0.15) is 0 Å². The Morgan fingerprint density at radius 3 is 2.46 bits per heavy atom. The molecule has 1 saturated carbocycles. The minimum atomic E-state index is -0.629. The van der Waals surface area contributed by atoms with E-state index >= 15 is 0 Å². The highest BCUT2D eigenvalue weighted by Gasteiger charge is 2.53. The number of hydrogen-bond acceptors (Lipinski definition) is 3. The van der Waals surface area contributed by atoms with Crippen LogP contribution in [0.5, 0.6) is 0 Å². The van der Waals surface area contributed by atoms with Gasteiger partial charge in [-0.25, -0.2) is 0 Å². The molecule has 0 aromatic heterocycles. The second kappa shape index (κ2) is 6.36. The maximum atomic E-state index is 13.0. The Morgan fingerprint density at radius 1 is 1.25 bits per heavy atom. The number of primary amides is 1. The SMILES string of the molecule is CC1=C(C(=O)Nc2ccccc2)C2(CCCC2)[C@H](C(N)=O)C(=S)N1. The van der Waals surface area contributed by atoms with Crippen LogP contribution in [0.4, 0.5) is 5.69 Å². The van der Waals surface area contributed by atoms with E-state index in [2.05, 4.69) is 10.6 Å². The second-order valence-electron chi connectivity index (χ2n) is 6.51. The summed E-state index contributed by atoms with van der Waals surface area (Å²) < 4.78 is 0. The van der Waals surface area contributed by atoms with Gasteiger partial charge in [0, 0.05) is 22.4 Å². The van der Waals surface area contributed by atoms with Crippen LogP contribution in [0.1, 0.15) is 32.6 Å². The number of nitrogens with one attached hydrogen (secondary N) is 2. The first-order chi connectivity index (χ1) is 11.5. The monoisotopic (exact) mass is 343 g/mol. The van der Waals surface area contributed by atoms with Gasteiger partial charge in [0.15, 0.2) is 0 Å². The lowest BCUT2D eigenvalue weighted by Gasteiger charge is -2.42. The third kappa shape index (κ3) is 2.71. The lowest BCUT2D eigenvalue weighted by Crippen LogP contribution is -2.53. The van der Waals surface area contributed by atoms with Crippen molar-refractivity contribution in [3.63, 3.8) is 0 Å². The van der Waals surface area contributed by atoms with Crippen molar-refractivity contribution in [2.24, 2.45) is 17.1 Å². The van der Waals surface area contributed by atoms with Gasteiger partial charge in [0.05, 0.1) is 10.9 Å². The van der Waals surface area contributed by atoms with Crippen molar-refractivity contribution < 1.29 is 9.59 Å². The third-order valence-electron chi connectivity index (χ3n) is 5.04. The van der Waals surface area contributed by atoms with Gasteiger partial charge in [-0.3, -0.25) is 9.59 Å². The van der Waals surface area contributed by atoms with Crippen LogP contribution in [0, 0.1) is 11.3 Å². The van der Waals surface area contributed by atoms with Crippen molar-refractivity contribution >= 4 is 34.7 Å². The Balaban J connectivity index is 2.02. The van der Waals surface area contributed by atoms with Crippen LogP contribution in [0.25, 0.3) is 0 Å². The molecule has 1 aromatic carbocycles. The zero-order valence-electron chi connectivity index (χ0n) is 13.6. The first kappa shape index (κ1) is 16.6. The number of para-hydroxylation sites is 1. The van der Waals surface area contributed by atoms with Gasteiger partial charge in [-0.1, -0.05) is 43.3 Å². The van der Waals surface area contributed by atoms with E-state index in [0.29, 0.717) is 16.3 Å². The molecule has 0 saturated heterocycles. The van der Waals surface area contributed by atoms with Crippen molar-refractivity contribution in [2.45, 2.75) is 32.6 Å². The number of allylic oxidation sites excluding steroid dienone is 1. The van der Waals surface area contributed by atoms with E-state index in [1.165, 1.54) is 0 Å². The fourth-order valence-electron chi connectivity index (χ4n) is 4.15. The van der Waals surface area contributed by atoms with Crippen molar-refractivity contribution in [1.29, 1.82) is 0 Å². The number of amides is 2. The summed E-state index contributed by atoms with van der Waals surface area (Å²) in [6.45, 7) is 1.84. The smallest absolute Gasteiger partial charge is 0.253 e. The van der Waals surface area contributed by atoms with E-state index in [4.69, 9.17) is 18.0 Å². The van der Waals surface area contributed by atoms with E-state index in [-0.39, 0.29) is 5.91 Å². The average molecular weight is 343 g/mol. The number of hydrogen-bond donors (Lipinski definition) is 3. The number of thiocarbonyl (C=S) groups is 1. The third-order valence-corrected chi connectivity index (χ3v) is 5.38. The predicted octanol–water partition coefficient (Wildman–Crippen LogP) is 2.49. The minimum absolute atomic E-state index is 0.193. The molecular formula is C18H21N3O2S. The van der Waals surface area contributed by atoms with E-state index in [1.54, 1.807) is 0 Å². The van der Waals surface area contributed by atoms with Gasteiger partial charge in [-0.2, -0.15) is 0 Å². The lowest BCUT2D eigenvalue weighted by molar-refractivity contribution is -0.123. The van der Waals surface area contributed by atoms with Crippen molar-refractivity contribution in [3.8, 4) is 0 Å². The van der Waals surface area contributed by atoms with Gasteiger partial charge in [0.25, 0.3) is 5.91 Å². The quantitative estimate of drug-likeness (QED) is 0.736. The van der Waals surface area contributed by atoms with Crippen LogP contribution in [0.15, 0.2) is 41.6 Å². The highest BCUT2D eigenvalue weighted by atomic mass is 32.1. The first-order valence-corrected chi connectivity index (χ1v) is 8.54. The van der Waals surface area contributed by atoms with Crippen molar-refractivity contribution in [2.75, 3.05) is 5.32 Å². The average Bonchev–Trinajstić information content (AvgIpc) is 2.96. The molecule has 2 aliphatic rings. The molecule has 1 aliphatic heterocycles. The number of carbonyl (C=O) groups is 2. The molecule has 6 heteroatoms. The van der Waals surface area contributed by atoms with Gasteiger partial charge in [-0.05, 0) is 31.9 Å². The summed E-state index contributed by atoms with van der Waals surface area (Å²) in [5.41, 5.74) is 7.12. The Kier molecular flexibility index (Phi) is 4.41. The van der Waals surface area contributed by atoms with Gasteiger partial charge in [0.2, 0.25) is 5.91 Å². The van der Waals surface area contributed by atoms with E-state index < -0.39 is 17.2 Å². The largest absolute Gasteiger partial charge is 0.369 e. The molecule has 0 radical (unpaired) electrons. The summed E-state index contributed by atoms with van der Waals surface area (Å²) in [6.07, 6.45) is 3.41. The summed E-state index contributed by atoms with van der Waals surface area (Å²) in [5.74, 6) is -1.29. The Bertz CT molecular complexity index is 721. The van der Waals surface area contributed by atoms with E-state index in [0.717, 1.165) is 31.4 Å². The van der Waals surface area contributed by atoms with Crippen molar-refractivity contribution in [1.82, 2.24) is 5.32 Å². The summed E-state index contributed by atoms with van der Waals surface area (Å²) in [6, 6.07) is 9.29. The fraction of sp³-hybridized carbons (Fsp3) is 0.389. The molecule has 1 aliphatic carbocycles. The fourth-order valence-corrected chi connectivity index (χ4v) is 4.64. The van der Waals surface area contributed by atoms with Crippen LogP contribution < -0.4 is 16.4 Å². The zero-order valence-corrected chi connectivity index (χ0v) is 14.4. The minimum Gasteiger partial charge on any atom is -0.369 e. The number of rotatable bonds is 3. The van der Waals surface area contributed by atoms with Crippen LogP contribution in [-0.4, -0.2) is 16.8 Å². The molecule has 4 N–H and O–H groups in total. The first-order valence-electron chi connectivity index (χ1n) is 8.13. The molecule has 1 atom stereocenters. The summed E-state index contributed by atoms with van der Waals surface area (Å²) in [7, 11) is 0. The number of nitrogens with two attached hydrogens (primary N) is 1. The normalized spacial score (nSPS) is 22.4. The number of anilines is 1. The van der Waals surface area contributed by atoms with Crippen LogP contribution >= 0.6 is 12.2 Å². The Morgan fingerprint density at radius 2 is 1.88 bits per heavy atom. The van der Waals surface area contributed by atoms with Crippen LogP contribution in [-0.2, 0) is 9.59 Å². The Hall–Kier alpha value is -2.21. The maximum Gasteiger partial charge on any atom is 0.253 e. The highest BCUT2D eigenvalue weighted by Crippen LogP contribution is 2.53. The molecule has 1 aromatic rings. The molecule has 1 spiro atoms. The summed E-state index contributed by atoms with van der Waals surface area (Å²) in [5, 5.41) is 5.96. The lowest BCUT2D eigenvalue weighted by atomic mass is 9.65. The Labute approximate surface area is 146 Å². The molecular weight excluding hydrogens is 322 g/mol. The topological polar surface area (TPSA) is 84.2 Å². The number of carbonyl (C=O) groups excluding carboxylic acids is 2. The number of benzene rings is 1. The molecule has 1 fully saturated rings.